The Morgan fingerprint density at radius 2 is 1.65 bits per heavy atom. The second-order valence-corrected chi connectivity index (χ2v) is 7.43. The Hall–Kier alpha value is -2.75. The summed E-state index contributed by atoms with van der Waals surface area (Å²) in [6.45, 7) is 5.44. The van der Waals surface area contributed by atoms with Crippen LogP contribution in [0.2, 0.25) is 0 Å². The van der Waals surface area contributed by atoms with Crippen LogP contribution in [0.1, 0.15) is 52.0 Å². The van der Waals surface area contributed by atoms with E-state index in [-0.39, 0.29) is 18.1 Å². The summed E-state index contributed by atoms with van der Waals surface area (Å²) in [5, 5.41) is 17.4. The van der Waals surface area contributed by atoms with Gasteiger partial charge in [-0.1, -0.05) is 12.8 Å². The highest BCUT2D eigenvalue weighted by atomic mass is 16.6. The lowest BCUT2D eigenvalue weighted by Crippen LogP contribution is -2.54. The second kappa shape index (κ2) is 8.56. The largest absolute Gasteiger partial charge is 0.444 e. The number of benzene rings is 1. The zero-order valence-electron chi connectivity index (χ0n) is 15.5. The molecule has 3 N–H and O–H groups in total. The topological polar surface area (TPSA) is 103 Å². The first kappa shape index (κ1) is 19.6. The number of urea groups is 1. The highest BCUT2D eigenvalue weighted by molar-refractivity contribution is 5.89. The van der Waals surface area contributed by atoms with E-state index in [0.717, 1.165) is 25.7 Å². The van der Waals surface area contributed by atoms with Gasteiger partial charge in [-0.3, -0.25) is 0 Å². The molecular formula is C19H26N4O3. The molecule has 7 nitrogen and oxygen atoms in total. The van der Waals surface area contributed by atoms with Crippen LogP contribution in [0.15, 0.2) is 24.3 Å². The van der Waals surface area contributed by atoms with Gasteiger partial charge >= 0.3 is 12.1 Å². The molecule has 0 bridgehead atoms. The van der Waals surface area contributed by atoms with Crippen molar-refractivity contribution in [3.05, 3.63) is 29.8 Å². The summed E-state index contributed by atoms with van der Waals surface area (Å²) in [6.07, 6.45) is 3.11. The van der Waals surface area contributed by atoms with Gasteiger partial charge in [0.15, 0.2) is 0 Å². The van der Waals surface area contributed by atoms with Crippen molar-refractivity contribution < 1.29 is 14.3 Å². The van der Waals surface area contributed by atoms with Gasteiger partial charge in [-0.2, -0.15) is 5.26 Å². The number of hydrogen-bond donors (Lipinski definition) is 3. The van der Waals surface area contributed by atoms with Gasteiger partial charge in [0.05, 0.1) is 23.7 Å². The van der Waals surface area contributed by atoms with Gasteiger partial charge < -0.3 is 20.7 Å². The third-order valence-corrected chi connectivity index (χ3v) is 4.06. The van der Waals surface area contributed by atoms with Crippen LogP contribution in [-0.4, -0.2) is 29.8 Å². The maximum atomic E-state index is 12.3. The first-order valence-corrected chi connectivity index (χ1v) is 8.84. The monoisotopic (exact) mass is 358 g/mol. The third-order valence-electron chi connectivity index (χ3n) is 4.06. The number of nitriles is 1. The van der Waals surface area contributed by atoms with Crippen LogP contribution < -0.4 is 16.0 Å². The van der Waals surface area contributed by atoms with Gasteiger partial charge in [-0.05, 0) is 57.9 Å². The molecule has 1 aromatic rings. The molecular weight excluding hydrogens is 332 g/mol. The first-order valence-electron chi connectivity index (χ1n) is 8.84. The van der Waals surface area contributed by atoms with Crippen molar-refractivity contribution in [1.82, 2.24) is 10.6 Å². The quantitative estimate of drug-likeness (QED) is 0.769. The molecule has 1 fully saturated rings. The van der Waals surface area contributed by atoms with E-state index >= 15 is 0 Å². The van der Waals surface area contributed by atoms with Crippen molar-refractivity contribution in [3.8, 4) is 6.07 Å². The minimum atomic E-state index is -0.561. The number of rotatable bonds is 3. The molecule has 0 spiro atoms. The number of ether oxygens (including phenoxy) is 1. The molecule has 1 aliphatic carbocycles. The fourth-order valence-electron chi connectivity index (χ4n) is 2.90. The molecule has 2 rings (SSSR count). The Morgan fingerprint density at radius 3 is 2.19 bits per heavy atom. The Balaban J connectivity index is 1.91. The molecule has 0 unspecified atom stereocenters. The van der Waals surface area contributed by atoms with Crippen LogP contribution in [0, 0.1) is 11.3 Å². The second-order valence-electron chi connectivity index (χ2n) is 7.43. The molecule has 2 atom stereocenters. The third kappa shape index (κ3) is 6.28. The Kier molecular flexibility index (Phi) is 6.45. The van der Waals surface area contributed by atoms with E-state index in [0.29, 0.717) is 11.3 Å². The number of hydrogen-bond acceptors (Lipinski definition) is 4. The van der Waals surface area contributed by atoms with Crippen molar-refractivity contribution in [1.29, 1.82) is 5.26 Å². The number of amides is 3. The van der Waals surface area contributed by atoms with Crippen molar-refractivity contribution in [2.24, 2.45) is 0 Å². The molecule has 7 heteroatoms. The maximum absolute atomic E-state index is 12.3. The van der Waals surface area contributed by atoms with Crippen molar-refractivity contribution in [3.63, 3.8) is 0 Å². The van der Waals surface area contributed by atoms with Gasteiger partial charge in [-0.25, -0.2) is 9.59 Å². The van der Waals surface area contributed by atoms with E-state index in [1.807, 2.05) is 26.8 Å². The van der Waals surface area contributed by atoms with E-state index in [1.165, 1.54) is 0 Å². The smallest absolute Gasteiger partial charge is 0.407 e. The zero-order valence-corrected chi connectivity index (χ0v) is 15.5. The van der Waals surface area contributed by atoms with Crippen LogP contribution in [0.5, 0.6) is 0 Å². The van der Waals surface area contributed by atoms with Crippen molar-refractivity contribution in [2.45, 2.75) is 64.1 Å². The predicted octanol–water partition coefficient (Wildman–Crippen LogP) is 3.52. The molecule has 140 valence electrons. The molecule has 0 aliphatic heterocycles. The van der Waals surface area contributed by atoms with Crippen LogP contribution in [0.3, 0.4) is 0 Å². The Bertz CT molecular complexity index is 674. The molecule has 0 aromatic heterocycles. The number of carbonyl (C=O) groups is 2. The lowest BCUT2D eigenvalue weighted by molar-refractivity contribution is 0.0481. The summed E-state index contributed by atoms with van der Waals surface area (Å²) in [7, 11) is 0. The van der Waals surface area contributed by atoms with Gasteiger partial charge in [0, 0.05) is 5.69 Å². The number of anilines is 1. The lowest BCUT2D eigenvalue weighted by Gasteiger charge is -2.33. The zero-order chi connectivity index (χ0) is 19.2. The number of alkyl carbamates (subject to hydrolysis) is 1. The SMILES string of the molecule is CC(C)(C)OC(=O)N[C@@H]1CCCC[C@H]1NC(=O)Nc1ccc(C#N)cc1. The fourth-order valence-corrected chi connectivity index (χ4v) is 2.90. The molecule has 1 aliphatic rings. The van der Waals surface area contributed by atoms with Gasteiger partial charge in [-0.15, -0.1) is 0 Å². The van der Waals surface area contributed by atoms with Crippen LogP contribution in [0.25, 0.3) is 0 Å². The molecule has 26 heavy (non-hydrogen) atoms. The van der Waals surface area contributed by atoms with Crippen LogP contribution in [0.4, 0.5) is 15.3 Å². The average Bonchev–Trinajstić information content (AvgIpc) is 2.55. The van der Waals surface area contributed by atoms with E-state index in [9.17, 15) is 9.59 Å². The first-order chi connectivity index (χ1) is 12.3. The molecule has 1 aromatic carbocycles. The standard InChI is InChI=1S/C19H26N4O3/c1-19(2,3)26-18(25)23-16-7-5-4-6-15(16)22-17(24)21-14-10-8-13(12-20)9-11-14/h8-11,15-16H,4-7H2,1-3H3,(H,23,25)(H2,21,22,24)/t15-,16-/m1/s1. The summed E-state index contributed by atoms with van der Waals surface area (Å²) in [5.74, 6) is 0. The molecule has 0 saturated heterocycles. The summed E-state index contributed by atoms with van der Waals surface area (Å²) >= 11 is 0. The normalized spacial score (nSPS) is 19.8. The lowest BCUT2D eigenvalue weighted by atomic mass is 9.90. The van der Waals surface area contributed by atoms with E-state index in [2.05, 4.69) is 16.0 Å². The Labute approximate surface area is 154 Å². The van der Waals surface area contributed by atoms with Crippen LogP contribution >= 0.6 is 0 Å². The summed E-state index contributed by atoms with van der Waals surface area (Å²) in [5.41, 5.74) is 0.577. The molecule has 3 amide bonds. The predicted molar refractivity (Wildman–Crippen MR) is 98.7 cm³/mol. The summed E-state index contributed by atoms with van der Waals surface area (Å²) in [4.78, 5) is 24.3. The highest BCUT2D eigenvalue weighted by Crippen LogP contribution is 2.20. The number of carbonyl (C=O) groups excluding carboxylic acids is 2. The van der Waals surface area contributed by atoms with E-state index in [1.54, 1.807) is 24.3 Å². The van der Waals surface area contributed by atoms with Gasteiger partial charge in [0.25, 0.3) is 0 Å². The Morgan fingerprint density at radius 1 is 1.08 bits per heavy atom. The average molecular weight is 358 g/mol. The van der Waals surface area contributed by atoms with Gasteiger partial charge in [0.1, 0.15) is 5.60 Å². The number of nitrogens with one attached hydrogen (secondary N) is 3. The number of nitrogens with zero attached hydrogens (tertiary/aromatic N) is 1. The van der Waals surface area contributed by atoms with Crippen molar-refractivity contribution >= 4 is 17.8 Å². The van der Waals surface area contributed by atoms with E-state index in [4.69, 9.17) is 10.00 Å². The van der Waals surface area contributed by atoms with Crippen molar-refractivity contribution in [2.75, 3.05) is 5.32 Å². The fraction of sp³-hybridized carbons (Fsp3) is 0.526. The molecule has 0 heterocycles. The minimum absolute atomic E-state index is 0.158. The van der Waals surface area contributed by atoms with E-state index < -0.39 is 11.7 Å². The molecule has 0 radical (unpaired) electrons. The highest BCUT2D eigenvalue weighted by Gasteiger charge is 2.29. The molecule has 1 saturated carbocycles. The van der Waals surface area contributed by atoms with Crippen LogP contribution in [-0.2, 0) is 4.74 Å². The summed E-state index contributed by atoms with van der Waals surface area (Å²) in [6, 6.07) is 8.01. The van der Waals surface area contributed by atoms with Gasteiger partial charge in [0.2, 0.25) is 0 Å². The maximum Gasteiger partial charge on any atom is 0.407 e. The summed E-state index contributed by atoms with van der Waals surface area (Å²) < 4.78 is 5.31. The minimum Gasteiger partial charge on any atom is -0.444 e.